The van der Waals surface area contributed by atoms with Gasteiger partial charge in [-0.25, -0.2) is 0 Å². The lowest BCUT2D eigenvalue weighted by Crippen LogP contribution is -2.50. The molecular weight excluding hydrogens is 238 g/mol. The summed E-state index contributed by atoms with van der Waals surface area (Å²) >= 11 is 0. The van der Waals surface area contributed by atoms with Crippen LogP contribution >= 0.6 is 0 Å². The Morgan fingerprint density at radius 1 is 1.35 bits per heavy atom. The molecule has 0 amide bonds. The van der Waals surface area contributed by atoms with Crippen molar-refractivity contribution < 1.29 is 8.42 Å². The molecule has 0 aromatic rings. The van der Waals surface area contributed by atoms with Gasteiger partial charge in [-0.3, -0.25) is 0 Å². The first-order valence-corrected chi connectivity index (χ1v) is 7.78. The van der Waals surface area contributed by atoms with Crippen LogP contribution in [0.3, 0.4) is 0 Å². The maximum absolute atomic E-state index is 12.1. The van der Waals surface area contributed by atoms with E-state index in [-0.39, 0.29) is 18.0 Å². The van der Waals surface area contributed by atoms with Crippen LogP contribution < -0.4 is 10.5 Å². The zero-order valence-electron chi connectivity index (χ0n) is 11.0. The highest BCUT2D eigenvalue weighted by atomic mass is 32.2. The molecule has 2 atom stereocenters. The van der Waals surface area contributed by atoms with Gasteiger partial charge in [-0.1, -0.05) is 12.8 Å². The summed E-state index contributed by atoms with van der Waals surface area (Å²) in [5.74, 6) is 0.277. The fourth-order valence-corrected chi connectivity index (χ4v) is 3.61. The average Bonchev–Trinajstić information content (AvgIpc) is 2.28. The third kappa shape index (κ3) is 3.91. The summed E-state index contributed by atoms with van der Waals surface area (Å²) in [5.41, 5.74) is 5.70. The second-order valence-electron chi connectivity index (χ2n) is 5.12. The van der Waals surface area contributed by atoms with Crippen LogP contribution in [0.4, 0.5) is 0 Å². The third-order valence-corrected chi connectivity index (χ3v) is 5.40. The number of hydrogen-bond acceptors (Lipinski definition) is 3. The van der Waals surface area contributed by atoms with Gasteiger partial charge in [0.2, 0.25) is 0 Å². The van der Waals surface area contributed by atoms with Crippen LogP contribution in [0.2, 0.25) is 0 Å². The van der Waals surface area contributed by atoms with Crippen molar-refractivity contribution >= 4 is 10.2 Å². The normalized spacial score (nSPS) is 26.7. The highest BCUT2D eigenvalue weighted by Gasteiger charge is 2.30. The summed E-state index contributed by atoms with van der Waals surface area (Å²) in [5, 5.41) is 0. The van der Waals surface area contributed by atoms with Crippen molar-refractivity contribution in [1.29, 1.82) is 0 Å². The van der Waals surface area contributed by atoms with Gasteiger partial charge in [-0.05, 0) is 39.2 Å². The monoisotopic (exact) mass is 263 g/mol. The number of hydrogen-bond donors (Lipinski definition) is 2. The van der Waals surface area contributed by atoms with E-state index < -0.39 is 10.2 Å². The Morgan fingerprint density at radius 3 is 2.47 bits per heavy atom. The van der Waals surface area contributed by atoms with Gasteiger partial charge in [0.15, 0.2) is 0 Å². The summed E-state index contributed by atoms with van der Waals surface area (Å²) in [7, 11) is -1.77. The highest BCUT2D eigenvalue weighted by molar-refractivity contribution is 7.87. The molecule has 1 aliphatic carbocycles. The molecule has 0 heterocycles. The van der Waals surface area contributed by atoms with Crippen LogP contribution in [0.25, 0.3) is 0 Å². The molecule has 3 N–H and O–H groups in total. The number of nitrogens with zero attached hydrogens (tertiary/aromatic N) is 1. The van der Waals surface area contributed by atoms with E-state index in [1.165, 1.54) is 4.31 Å². The molecule has 0 bridgehead atoms. The molecule has 0 saturated heterocycles. The van der Waals surface area contributed by atoms with Crippen molar-refractivity contribution in [2.75, 3.05) is 13.6 Å². The van der Waals surface area contributed by atoms with Gasteiger partial charge in [0.25, 0.3) is 10.2 Å². The van der Waals surface area contributed by atoms with E-state index >= 15 is 0 Å². The topological polar surface area (TPSA) is 75.4 Å². The maximum atomic E-state index is 12.1. The number of nitrogens with two attached hydrogens (primary N) is 1. The van der Waals surface area contributed by atoms with E-state index in [4.69, 9.17) is 5.73 Å². The summed E-state index contributed by atoms with van der Waals surface area (Å²) < 4.78 is 28.3. The molecule has 0 aromatic carbocycles. The molecule has 2 unspecified atom stereocenters. The van der Waals surface area contributed by atoms with Crippen LogP contribution in [0, 0.1) is 5.92 Å². The quantitative estimate of drug-likeness (QED) is 0.766. The lowest BCUT2D eigenvalue weighted by atomic mass is 9.85. The van der Waals surface area contributed by atoms with Crippen LogP contribution in [0.5, 0.6) is 0 Å². The maximum Gasteiger partial charge on any atom is 0.279 e. The molecule has 1 aliphatic rings. The molecule has 0 spiro atoms. The molecular formula is C11H25N3O2S. The van der Waals surface area contributed by atoms with Gasteiger partial charge in [0.1, 0.15) is 0 Å². The molecule has 0 aromatic heterocycles. The average molecular weight is 263 g/mol. The Bertz CT molecular complexity index is 330. The highest BCUT2D eigenvalue weighted by Crippen LogP contribution is 2.24. The minimum Gasteiger partial charge on any atom is -0.330 e. The molecule has 0 aliphatic heterocycles. The fraction of sp³-hybridized carbons (Fsp3) is 1.00. The predicted octanol–water partition coefficient (Wildman–Crippen LogP) is 0.679. The first-order chi connectivity index (χ1) is 7.88. The summed E-state index contributed by atoms with van der Waals surface area (Å²) in [6.07, 6.45) is 4.15. The van der Waals surface area contributed by atoms with Crippen molar-refractivity contribution in [3.63, 3.8) is 0 Å². The van der Waals surface area contributed by atoms with E-state index in [0.717, 1.165) is 25.7 Å². The molecule has 0 radical (unpaired) electrons. The molecule has 1 rings (SSSR count). The lowest BCUT2D eigenvalue weighted by Gasteiger charge is -2.33. The van der Waals surface area contributed by atoms with Crippen LogP contribution in [-0.4, -0.2) is 38.4 Å². The summed E-state index contributed by atoms with van der Waals surface area (Å²) in [6, 6.07) is -0.0348. The van der Waals surface area contributed by atoms with Gasteiger partial charge in [-0.2, -0.15) is 17.4 Å². The van der Waals surface area contributed by atoms with Crippen LogP contribution in [-0.2, 0) is 10.2 Å². The summed E-state index contributed by atoms with van der Waals surface area (Å²) in [4.78, 5) is 0. The predicted molar refractivity (Wildman–Crippen MR) is 69.8 cm³/mol. The first kappa shape index (κ1) is 14.9. The van der Waals surface area contributed by atoms with Gasteiger partial charge in [0.05, 0.1) is 0 Å². The minimum atomic E-state index is -3.37. The first-order valence-electron chi connectivity index (χ1n) is 6.34. The molecule has 102 valence electrons. The van der Waals surface area contributed by atoms with Crippen molar-refractivity contribution in [3.8, 4) is 0 Å². The van der Waals surface area contributed by atoms with Crippen molar-refractivity contribution in [1.82, 2.24) is 9.03 Å². The Morgan fingerprint density at radius 2 is 1.94 bits per heavy atom. The zero-order chi connectivity index (χ0) is 13.1. The van der Waals surface area contributed by atoms with E-state index in [1.807, 2.05) is 13.8 Å². The smallest absolute Gasteiger partial charge is 0.279 e. The molecule has 1 fully saturated rings. The SMILES string of the molecule is CC(C)N(C)S(=O)(=O)NC1CCCCC1CN. The Balaban J connectivity index is 2.68. The lowest BCUT2D eigenvalue weighted by molar-refractivity contribution is 0.288. The molecule has 6 heteroatoms. The largest absolute Gasteiger partial charge is 0.330 e. The van der Waals surface area contributed by atoms with Crippen molar-refractivity contribution in [2.45, 2.75) is 51.6 Å². The van der Waals surface area contributed by atoms with E-state index in [2.05, 4.69) is 4.72 Å². The Hall–Kier alpha value is -0.170. The number of rotatable bonds is 5. The second-order valence-corrected chi connectivity index (χ2v) is 6.88. The second kappa shape index (κ2) is 6.13. The third-order valence-electron chi connectivity index (χ3n) is 3.62. The number of nitrogens with one attached hydrogen (secondary N) is 1. The molecule has 5 nitrogen and oxygen atoms in total. The van der Waals surface area contributed by atoms with Gasteiger partial charge < -0.3 is 5.73 Å². The van der Waals surface area contributed by atoms with Crippen LogP contribution in [0.15, 0.2) is 0 Å². The van der Waals surface area contributed by atoms with Crippen molar-refractivity contribution in [3.05, 3.63) is 0 Å². The minimum absolute atomic E-state index is 0.0000463. The van der Waals surface area contributed by atoms with E-state index in [1.54, 1.807) is 7.05 Å². The Labute approximate surface area is 105 Å². The fourth-order valence-electron chi connectivity index (χ4n) is 2.20. The van der Waals surface area contributed by atoms with Gasteiger partial charge in [0, 0.05) is 19.1 Å². The standard InChI is InChI=1S/C11H25N3O2S/c1-9(2)14(3)17(15,16)13-11-7-5-4-6-10(11)8-12/h9-11,13H,4-8,12H2,1-3H3. The van der Waals surface area contributed by atoms with E-state index in [9.17, 15) is 8.42 Å². The van der Waals surface area contributed by atoms with Gasteiger partial charge in [-0.15, -0.1) is 0 Å². The van der Waals surface area contributed by atoms with Crippen molar-refractivity contribution in [2.24, 2.45) is 11.7 Å². The van der Waals surface area contributed by atoms with Gasteiger partial charge >= 0.3 is 0 Å². The van der Waals surface area contributed by atoms with Crippen LogP contribution in [0.1, 0.15) is 39.5 Å². The molecule has 17 heavy (non-hydrogen) atoms. The zero-order valence-corrected chi connectivity index (χ0v) is 11.8. The summed E-state index contributed by atoms with van der Waals surface area (Å²) in [6.45, 7) is 4.28. The Kier molecular flexibility index (Phi) is 5.37. The van der Waals surface area contributed by atoms with E-state index in [0.29, 0.717) is 6.54 Å². The molecule has 1 saturated carbocycles.